The van der Waals surface area contributed by atoms with Crippen LogP contribution in [0.1, 0.15) is 17.2 Å². The van der Waals surface area contributed by atoms with Gasteiger partial charge in [-0.1, -0.05) is 11.2 Å². The second kappa shape index (κ2) is 4.21. The van der Waals surface area contributed by atoms with Crippen molar-refractivity contribution in [3.8, 4) is 5.75 Å². The van der Waals surface area contributed by atoms with Crippen molar-refractivity contribution in [3.05, 3.63) is 39.8 Å². The van der Waals surface area contributed by atoms with Crippen LogP contribution in [0.5, 0.6) is 5.75 Å². The van der Waals surface area contributed by atoms with Gasteiger partial charge in [0.15, 0.2) is 0 Å². The van der Waals surface area contributed by atoms with E-state index in [0.717, 1.165) is 16.9 Å². The third-order valence-electron chi connectivity index (χ3n) is 2.44. The van der Waals surface area contributed by atoms with Gasteiger partial charge in [0.1, 0.15) is 5.75 Å². The van der Waals surface area contributed by atoms with Crippen LogP contribution in [0.3, 0.4) is 0 Å². The van der Waals surface area contributed by atoms with E-state index >= 15 is 0 Å². The summed E-state index contributed by atoms with van der Waals surface area (Å²) >= 11 is 0. The molecule has 15 heavy (non-hydrogen) atoms. The molecule has 0 saturated heterocycles. The smallest absolute Gasteiger partial charge is 0.119 e. The molecule has 1 aromatic rings. The standard InChI is InChI=1S/C10H11N3O2/c1-14-8-3-2-7-5-15-6-10(12-13-11)9(7)4-8/h2-4,10H,5-6H2,1H3. The van der Waals surface area contributed by atoms with Crippen molar-refractivity contribution in [2.45, 2.75) is 12.6 Å². The molecule has 0 spiro atoms. The van der Waals surface area contributed by atoms with Crippen LogP contribution in [0.2, 0.25) is 0 Å². The summed E-state index contributed by atoms with van der Waals surface area (Å²) in [6.07, 6.45) is 0. The molecule has 0 saturated carbocycles. The molecule has 1 aromatic carbocycles. The van der Waals surface area contributed by atoms with Gasteiger partial charge < -0.3 is 9.47 Å². The maximum Gasteiger partial charge on any atom is 0.119 e. The van der Waals surface area contributed by atoms with Crippen LogP contribution in [-0.2, 0) is 11.3 Å². The van der Waals surface area contributed by atoms with E-state index in [0.29, 0.717) is 13.2 Å². The minimum Gasteiger partial charge on any atom is -0.497 e. The molecule has 0 radical (unpaired) electrons. The number of hydrogen-bond donors (Lipinski definition) is 0. The zero-order chi connectivity index (χ0) is 10.7. The highest BCUT2D eigenvalue weighted by atomic mass is 16.5. The van der Waals surface area contributed by atoms with Crippen LogP contribution >= 0.6 is 0 Å². The molecule has 1 heterocycles. The van der Waals surface area contributed by atoms with E-state index in [1.807, 2.05) is 18.2 Å². The highest BCUT2D eigenvalue weighted by Gasteiger charge is 2.19. The fourth-order valence-corrected chi connectivity index (χ4v) is 1.67. The molecular weight excluding hydrogens is 194 g/mol. The molecule has 0 aromatic heterocycles. The molecule has 2 rings (SSSR count). The summed E-state index contributed by atoms with van der Waals surface area (Å²) in [5, 5.41) is 3.70. The summed E-state index contributed by atoms with van der Waals surface area (Å²) in [6.45, 7) is 1.00. The molecule has 5 heteroatoms. The normalized spacial score (nSPS) is 18.9. The number of fused-ring (bicyclic) bond motifs is 1. The third kappa shape index (κ3) is 1.88. The highest BCUT2D eigenvalue weighted by molar-refractivity contribution is 5.38. The first-order valence-electron chi connectivity index (χ1n) is 4.64. The molecule has 0 bridgehead atoms. The lowest BCUT2D eigenvalue weighted by molar-refractivity contribution is 0.0923. The topological polar surface area (TPSA) is 67.2 Å². The van der Waals surface area contributed by atoms with Gasteiger partial charge in [-0.15, -0.1) is 0 Å². The summed E-state index contributed by atoms with van der Waals surface area (Å²) in [6, 6.07) is 5.47. The van der Waals surface area contributed by atoms with Crippen molar-refractivity contribution >= 4 is 0 Å². The molecule has 78 valence electrons. The van der Waals surface area contributed by atoms with Gasteiger partial charge in [0.2, 0.25) is 0 Å². The summed E-state index contributed by atoms with van der Waals surface area (Å²) < 4.78 is 10.5. The van der Waals surface area contributed by atoms with E-state index in [1.54, 1.807) is 7.11 Å². The van der Waals surface area contributed by atoms with Gasteiger partial charge in [-0.05, 0) is 28.8 Å². The van der Waals surface area contributed by atoms with E-state index in [4.69, 9.17) is 15.0 Å². The third-order valence-corrected chi connectivity index (χ3v) is 2.44. The predicted molar refractivity (Wildman–Crippen MR) is 54.5 cm³/mol. The Hall–Kier alpha value is -1.71. The monoisotopic (exact) mass is 205 g/mol. The fourth-order valence-electron chi connectivity index (χ4n) is 1.67. The lowest BCUT2D eigenvalue weighted by Crippen LogP contribution is -2.14. The lowest BCUT2D eigenvalue weighted by atomic mass is 9.99. The van der Waals surface area contributed by atoms with E-state index in [2.05, 4.69) is 10.0 Å². The average molecular weight is 205 g/mol. The summed E-state index contributed by atoms with van der Waals surface area (Å²) in [5.74, 6) is 0.772. The molecule has 0 N–H and O–H groups in total. The molecule has 1 aliphatic heterocycles. The van der Waals surface area contributed by atoms with Crippen molar-refractivity contribution in [1.29, 1.82) is 0 Å². The number of hydrogen-bond acceptors (Lipinski definition) is 3. The first-order chi connectivity index (χ1) is 7.35. The SMILES string of the molecule is COc1ccc2c(c1)C(N=[N+]=[N-])COC2. The van der Waals surface area contributed by atoms with Gasteiger partial charge >= 0.3 is 0 Å². The van der Waals surface area contributed by atoms with Crippen molar-refractivity contribution in [2.75, 3.05) is 13.7 Å². The summed E-state index contributed by atoms with van der Waals surface area (Å²) in [5.41, 5.74) is 10.5. The van der Waals surface area contributed by atoms with Gasteiger partial charge in [-0.2, -0.15) is 0 Å². The Kier molecular flexibility index (Phi) is 2.76. The number of methoxy groups -OCH3 is 1. The zero-order valence-electron chi connectivity index (χ0n) is 8.38. The van der Waals surface area contributed by atoms with E-state index in [1.165, 1.54) is 0 Å². The number of azide groups is 1. The first-order valence-corrected chi connectivity index (χ1v) is 4.64. The van der Waals surface area contributed by atoms with Crippen LogP contribution in [0, 0.1) is 0 Å². The van der Waals surface area contributed by atoms with Gasteiger partial charge in [0.25, 0.3) is 0 Å². The summed E-state index contributed by atoms with van der Waals surface area (Å²) in [4.78, 5) is 2.82. The molecule has 1 unspecified atom stereocenters. The quantitative estimate of drug-likeness (QED) is 0.423. The Labute approximate surface area is 87.2 Å². The molecule has 0 amide bonds. The highest BCUT2D eigenvalue weighted by Crippen LogP contribution is 2.30. The zero-order valence-corrected chi connectivity index (χ0v) is 8.38. The van der Waals surface area contributed by atoms with Crippen molar-refractivity contribution in [1.82, 2.24) is 0 Å². The van der Waals surface area contributed by atoms with Gasteiger partial charge in [0, 0.05) is 4.91 Å². The second-order valence-corrected chi connectivity index (χ2v) is 3.30. The Morgan fingerprint density at radius 1 is 1.60 bits per heavy atom. The molecule has 1 atom stereocenters. The first kappa shape index (κ1) is 9.83. The average Bonchev–Trinajstić information content (AvgIpc) is 2.29. The van der Waals surface area contributed by atoms with Crippen LogP contribution in [0.4, 0.5) is 0 Å². The molecule has 1 aliphatic rings. The summed E-state index contributed by atoms with van der Waals surface area (Å²) in [7, 11) is 1.61. The van der Waals surface area contributed by atoms with E-state index in [-0.39, 0.29) is 6.04 Å². The number of ether oxygens (including phenoxy) is 2. The maximum atomic E-state index is 8.44. The Morgan fingerprint density at radius 2 is 2.47 bits per heavy atom. The van der Waals surface area contributed by atoms with Crippen molar-refractivity contribution < 1.29 is 9.47 Å². The van der Waals surface area contributed by atoms with E-state index < -0.39 is 0 Å². The Morgan fingerprint density at radius 3 is 3.20 bits per heavy atom. The number of nitrogens with zero attached hydrogens (tertiary/aromatic N) is 3. The van der Waals surface area contributed by atoms with Crippen LogP contribution in [-0.4, -0.2) is 13.7 Å². The molecular formula is C10H11N3O2. The number of rotatable bonds is 2. The molecule has 0 aliphatic carbocycles. The van der Waals surface area contributed by atoms with Crippen LogP contribution < -0.4 is 4.74 Å². The van der Waals surface area contributed by atoms with Crippen LogP contribution in [0.15, 0.2) is 23.3 Å². The number of benzene rings is 1. The van der Waals surface area contributed by atoms with Crippen molar-refractivity contribution in [3.63, 3.8) is 0 Å². The van der Waals surface area contributed by atoms with Gasteiger partial charge in [0.05, 0.1) is 26.4 Å². The largest absolute Gasteiger partial charge is 0.497 e. The Balaban J connectivity index is 2.43. The predicted octanol–water partition coefficient (Wildman–Crippen LogP) is 2.58. The Bertz CT molecular complexity index is 413. The van der Waals surface area contributed by atoms with Gasteiger partial charge in [-0.25, -0.2) is 0 Å². The lowest BCUT2D eigenvalue weighted by Gasteiger charge is -2.22. The van der Waals surface area contributed by atoms with Gasteiger partial charge in [-0.3, -0.25) is 0 Å². The van der Waals surface area contributed by atoms with E-state index in [9.17, 15) is 0 Å². The minimum absolute atomic E-state index is 0.242. The molecule has 5 nitrogen and oxygen atoms in total. The maximum absolute atomic E-state index is 8.44. The second-order valence-electron chi connectivity index (χ2n) is 3.30. The fraction of sp³-hybridized carbons (Fsp3) is 0.400. The minimum atomic E-state index is -0.242. The molecule has 0 fully saturated rings. The van der Waals surface area contributed by atoms with Crippen LogP contribution in [0.25, 0.3) is 10.4 Å². The van der Waals surface area contributed by atoms with Crippen molar-refractivity contribution in [2.24, 2.45) is 5.11 Å².